The van der Waals surface area contributed by atoms with E-state index in [4.69, 9.17) is 5.26 Å². The van der Waals surface area contributed by atoms with Crippen LogP contribution in [0.2, 0.25) is 0 Å². The molecule has 0 unspecified atom stereocenters. The lowest BCUT2D eigenvalue weighted by atomic mass is 10.2. The van der Waals surface area contributed by atoms with Gasteiger partial charge in [-0.05, 0) is 30.3 Å². The predicted molar refractivity (Wildman–Crippen MR) is 65.8 cm³/mol. The van der Waals surface area contributed by atoms with Gasteiger partial charge >= 0.3 is 0 Å². The third-order valence-electron chi connectivity index (χ3n) is 2.73. The van der Waals surface area contributed by atoms with Crippen LogP contribution in [0.1, 0.15) is 5.56 Å². The van der Waals surface area contributed by atoms with Gasteiger partial charge in [-0.25, -0.2) is 4.98 Å². The summed E-state index contributed by atoms with van der Waals surface area (Å²) in [6.45, 7) is 0. The van der Waals surface area contributed by atoms with Crippen LogP contribution in [0.3, 0.4) is 0 Å². The maximum atomic E-state index is 9.11. The van der Waals surface area contributed by atoms with Gasteiger partial charge in [0.25, 0.3) is 0 Å². The fourth-order valence-corrected chi connectivity index (χ4v) is 1.94. The van der Waals surface area contributed by atoms with Crippen LogP contribution in [0.15, 0.2) is 54.9 Å². The first-order chi connectivity index (χ1) is 8.40. The molecule has 1 aromatic carbocycles. The van der Waals surface area contributed by atoms with E-state index in [0.717, 1.165) is 16.7 Å². The van der Waals surface area contributed by atoms with Gasteiger partial charge < -0.3 is 0 Å². The topological polar surface area (TPSA) is 41.6 Å². The molecule has 0 spiro atoms. The van der Waals surface area contributed by atoms with Gasteiger partial charge in [0.05, 0.1) is 11.3 Å². The molecule has 0 bridgehead atoms. The second kappa shape index (κ2) is 3.76. The smallest absolute Gasteiger partial charge is 0.144 e. The number of aromatic nitrogens is 2. The summed E-state index contributed by atoms with van der Waals surface area (Å²) in [5, 5.41) is 10.2. The van der Waals surface area contributed by atoms with E-state index in [2.05, 4.69) is 11.1 Å². The Morgan fingerprint density at radius 3 is 2.82 bits per heavy atom. The zero-order valence-electron chi connectivity index (χ0n) is 9.04. The summed E-state index contributed by atoms with van der Waals surface area (Å²) in [6.07, 6.45) is 3.70. The number of nitriles is 1. The van der Waals surface area contributed by atoms with E-state index in [0.29, 0.717) is 5.56 Å². The number of nitrogens with zero attached hydrogens (tertiary/aromatic N) is 3. The van der Waals surface area contributed by atoms with E-state index < -0.39 is 0 Å². The van der Waals surface area contributed by atoms with Gasteiger partial charge in [0, 0.05) is 17.8 Å². The van der Waals surface area contributed by atoms with Crippen LogP contribution in [-0.4, -0.2) is 9.55 Å². The summed E-state index contributed by atoms with van der Waals surface area (Å²) >= 11 is 0. The SMILES string of the molecule is N#Cc1ccccc1-n1ccc2cccnc21. The van der Waals surface area contributed by atoms with Gasteiger partial charge in [-0.3, -0.25) is 4.57 Å². The standard InChI is InChI=1S/C14H9N3/c15-10-12-4-1-2-6-13(12)17-9-7-11-5-3-8-16-14(11)17/h1-9H. The third kappa shape index (κ3) is 1.47. The van der Waals surface area contributed by atoms with Crippen molar-refractivity contribution in [3.05, 3.63) is 60.4 Å². The predicted octanol–water partition coefficient (Wildman–Crippen LogP) is 2.90. The molecule has 3 heteroatoms. The average molecular weight is 219 g/mol. The Morgan fingerprint density at radius 1 is 1.06 bits per heavy atom. The van der Waals surface area contributed by atoms with E-state index in [-0.39, 0.29) is 0 Å². The van der Waals surface area contributed by atoms with Gasteiger partial charge in [0.1, 0.15) is 11.7 Å². The first-order valence-electron chi connectivity index (χ1n) is 5.32. The molecule has 2 aromatic heterocycles. The molecule has 3 rings (SSSR count). The monoisotopic (exact) mass is 219 g/mol. The third-order valence-corrected chi connectivity index (χ3v) is 2.73. The Bertz CT molecular complexity index is 719. The molecule has 0 fully saturated rings. The molecule has 80 valence electrons. The second-order valence-electron chi connectivity index (χ2n) is 3.73. The lowest BCUT2D eigenvalue weighted by molar-refractivity contribution is 1.08. The normalized spacial score (nSPS) is 10.3. The van der Waals surface area contributed by atoms with Crippen molar-refractivity contribution in [3.63, 3.8) is 0 Å². The zero-order chi connectivity index (χ0) is 11.7. The molecule has 0 saturated heterocycles. The number of hydrogen-bond acceptors (Lipinski definition) is 2. The van der Waals surface area contributed by atoms with Gasteiger partial charge in [0.2, 0.25) is 0 Å². The first-order valence-corrected chi connectivity index (χ1v) is 5.32. The first kappa shape index (κ1) is 9.61. The number of para-hydroxylation sites is 1. The molecule has 0 aliphatic heterocycles. The number of benzene rings is 1. The molecule has 0 N–H and O–H groups in total. The van der Waals surface area contributed by atoms with Gasteiger partial charge in [0.15, 0.2) is 0 Å². The Morgan fingerprint density at radius 2 is 1.94 bits per heavy atom. The highest BCUT2D eigenvalue weighted by molar-refractivity contribution is 5.78. The average Bonchev–Trinajstić information content (AvgIpc) is 2.82. The molecule has 0 amide bonds. The number of hydrogen-bond donors (Lipinski definition) is 0. The van der Waals surface area contributed by atoms with Crippen molar-refractivity contribution in [1.29, 1.82) is 5.26 Å². The lowest BCUT2D eigenvalue weighted by Crippen LogP contribution is -1.96. The van der Waals surface area contributed by atoms with E-state index in [1.807, 2.05) is 53.2 Å². The Hall–Kier alpha value is -2.60. The van der Waals surface area contributed by atoms with E-state index in [1.165, 1.54) is 0 Å². The van der Waals surface area contributed by atoms with Gasteiger partial charge in [-0.15, -0.1) is 0 Å². The zero-order valence-corrected chi connectivity index (χ0v) is 9.04. The van der Waals surface area contributed by atoms with Crippen LogP contribution in [0, 0.1) is 11.3 Å². The number of fused-ring (bicyclic) bond motifs is 1. The van der Waals surface area contributed by atoms with Crippen molar-refractivity contribution >= 4 is 11.0 Å². The maximum Gasteiger partial charge on any atom is 0.144 e. The molecule has 0 atom stereocenters. The molecule has 0 saturated carbocycles. The van der Waals surface area contributed by atoms with Gasteiger partial charge in [-0.2, -0.15) is 5.26 Å². The van der Waals surface area contributed by atoms with Crippen molar-refractivity contribution in [1.82, 2.24) is 9.55 Å². The summed E-state index contributed by atoms with van der Waals surface area (Å²) in [5.74, 6) is 0. The highest BCUT2D eigenvalue weighted by Gasteiger charge is 2.07. The largest absolute Gasteiger partial charge is 0.300 e. The number of pyridine rings is 1. The summed E-state index contributed by atoms with van der Waals surface area (Å²) in [4.78, 5) is 4.35. The van der Waals surface area contributed by atoms with Crippen molar-refractivity contribution in [2.24, 2.45) is 0 Å². The van der Waals surface area contributed by atoms with Crippen LogP contribution in [0.4, 0.5) is 0 Å². The van der Waals surface area contributed by atoms with Crippen LogP contribution >= 0.6 is 0 Å². The highest BCUT2D eigenvalue weighted by atomic mass is 15.0. The summed E-state index contributed by atoms with van der Waals surface area (Å²) in [7, 11) is 0. The van der Waals surface area contributed by atoms with Gasteiger partial charge in [-0.1, -0.05) is 12.1 Å². The van der Waals surface area contributed by atoms with Crippen molar-refractivity contribution in [2.75, 3.05) is 0 Å². The second-order valence-corrected chi connectivity index (χ2v) is 3.73. The van der Waals surface area contributed by atoms with Crippen LogP contribution in [0.5, 0.6) is 0 Å². The molecule has 0 aliphatic carbocycles. The number of rotatable bonds is 1. The highest BCUT2D eigenvalue weighted by Crippen LogP contribution is 2.20. The molecule has 3 aromatic rings. The summed E-state index contributed by atoms with van der Waals surface area (Å²) in [5.41, 5.74) is 2.38. The summed E-state index contributed by atoms with van der Waals surface area (Å²) < 4.78 is 1.94. The minimum Gasteiger partial charge on any atom is -0.300 e. The Kier molecular flexibility index (Phi) is 2.13. The minimum absolute atomic E-state index is 0.649. The lowest BCUT2D eigenvalue weighted by Gasteiger charge is -2.06. The molecule has 2 heterocycles. The molecule has 17 heavy (non-hydrogen) atoms. The molecular formula is C14H9N3. The molecule has 0 aliphatic rings. The van der Waals surface area contributed by atoms with E-state index in [9.17, 15) is 0 Å². The maximum absolute atomic E-state index is 9.11. The summed E-state index contributed by atoms with van der Waals surface area (Å²) in [6, 6.07) is 15.6. The quantitative estimate of drug-likeness (QED) is 0.631. The minimum atomic E-state index is 0.649. The Labute approximate surface area is 98.6 Å². The molecule has 0 radical (unpaired) electrons. The van der Waals surface area contributed by atoms with Crippen molar-refractivity contribution < 1.29 is 0 Å². The Balaban J connectivity index is 2.32. The van der Waals surface area contributed by atoms with E-state index in [1.54, 1.807) is 6.20 Å². The fraction of sp³-hybridized carbons (Fsp3) is 0. The molecule has 3 nitrogen and oxygen atoms in total. The van der Waals surface area contributed by atoms with Crippen molar-refractivity contribution in [3.8, 4) is 11.8 Å². The fourth-order valence-electron chi connectivity index (χ4n) is 1.94. The van der Waals surface area contributed by atoms with Crippen molar-refractivity contribution in [2.45, 2.75) is 0 Å². The van der Waals surface area contributed by atoms with Crippen LogP contribution in [0.25, 0.3) is 16.7 Å². The molecular weight excluding hydrogens is 210 g/mol. The van der Waals surface area contributed by atoms with E-state index >= 15 is 0 Å². The van der Waals surface area contributed by atoms with Crippen LogP contribution < -0.4 is 0 Å². The van der Waals surface area contributed by atoms with Crippen LogP contribution in [-0.2, 0) is 0 Å².